The molecule has 3 nitrogen and oxygen atoms in total. The molecule has 0 saturated carbocycles. The smallest absolute Gasteiger partial charge is 0.355 e. The van der Waals surface area contributed by atoms with E-state index < -0.39 is 5.97 Å². The van der Waals surface area contributed by atoms with Gasteiger partial charge in [0, 0.05) is 11.3 Å². The molecule has 0 aromatic carbocycles. The van der Waals surface area contributed by atoms with Crippen LogP contribution in [0.15, 0.2) is 0 Å². The van der Waals surface area contributed by atoms with Crippen molar-refractivity contribution in [1.29, 1.82) is 0 Å². The third kappa shape index (κ3) is 3.30. The van der Waals surface area contributed by atoms with E-state index in [0.717, 1.165) is 29.1 Å². The number of nitrogens with zero attached hydrogens (tertiary/aromatic N) is 1. The highest BCUT2D eigenvalue weighted by atomic mass is 32.1. The van der Waals surface area contributed by atoms with Crippen LogP contribution in [0.25, 0.3) is 0 Å². The number of rotatable bonds is 5. The summed E-state index contributed by atoms with van der Waals surface area (Å²) in [5.74, 6) is -0.378. The summed E-state index contributed by atoms with van der Waals surface area (Å²) in [5, 5.41) is 9.93. The van der Waals surface area contributed by atoms with Crippen LogP contribution in [0.4, 0.5) is 0 Å². The molecular formula is C11H17NO2S. The van der Waals surface area contributed by atoms with E-state index in [2.05, 4.69) is 18.8 Å². The molecule has 1 heterocycles. The van der Waals surface area contributed by atoms with Gasteiger partial charge in [0.2, 0.25) is 0 Å². The van der Waals surface area contributed by atoms with Gasteiger partial charge in [-0.3, -0.25) is 0 Å². The Bertz CT molecular complexity index is 344. The molecule has 1 N–H and O–H groups in total. The van der Waals surface area contributed by atoms with Crippen LogP contribution in [0.5, 0.6) is 0 Å². The van der Waals surface area contributed by atoms with Crippen LogP contribution in [-0.2, 0) is 12.8 Å². The molecule has 0 amide bonds. The van der Waals surface area contributed by atoms with E-state index in [1.807, 2.05) is 6.92 Å². The van der Waals surface area contributed by atoms with Crippen molar-refractivity contribution in [1.82, 2.24) is 4.98 Å². The second-order valence-electron chi connectivity index (χ2n) is 4.03. The van der Waals surface area contributed by atoms with Crippen molar-refractivity contribution in [3.8, 4) is 0 Å². The molecule has 0 spiro atoms. The van der Waals surface area contributed by atoms with Crippen LogP contribution >= 0.6 is 11.3 Å². The van der Waals surface area contributed by atoms with Crippen LogP contribution in [0.1, 0.15) is 47.6 Å². The minimum Gasteiger partial charge on any atom is -0.476 e. The average molecular weight is 227 g/mol. The third-order valence-corrected chi connectivity index (χ3v) is 3.14. The van der Waals surface area contributed by atoms with Crippen LogP contribution in [-0.4, -0.2) is 16.1 Å². The molecule has 0 unspecified atom stereocenters. The maximum Gasteiger partial charge on any atom is 0.355 e. The zero-order valence-corrected chi connectivity index (χ0v) is 10.2. The highest BCUT2D eigenvalue weighted by molar-refractivity contribution is 7.11. The first kappa shape index (κ1) is 12.2. The first-order chi connectivity index (χ1) is 7.04. The van der Waals surface area contributed by atoms with E-state index in [4.69, 9.17) is 5.11 Å². The monoisotopic (exact) mass is 227 g/mol. The molecule has 0 aliphatic carbocycles. The normalized spacial score (nSPS) is 10.9. The fraction of sp³-hybridized carbons (Fsp3) is 0.636. The minimum absolute atomic E-state index is 0.262. The molecule has 1 rings (SSSR count). The minimum atomic E-state index is -0.898. The quantitative estimate of drug-likeness (QED) is 0.841. The summed E-state index contributed by atoms with van der Waals surface area (Å²) in [6, 6.07) is 0. The molecule has 0 saturated heterocycles. The molecule has 0 aliphatic heterocycles. The Hall–Kier alpha value is -0.900. The van der Waals surface area contributed by atoms with Crippen molar-refractivity contribution in [2.75, 3.05) is 0 Å². The maximum atomic E-state index is 10.9. The Morgan fingerprint density at radius 3 is 2.67 bits per heavy atom. The molecule has 4 heteroatoms. The summed E-state index contributed by atoms with van der Waals surface area (Å²) in [4.78, 5) is 16.0. The Balaban J connectivity index is 2.93. The number of carboxylic acids is 1. The summed E-state index contributed by atoms with van der Waals surface area (Å²) in [6.07, 6.45) is 2.65. The standard InChI is InChI=1S/C11H17NO2S/c1-4-5-8-10(11(13)14)12-9(15-8)6-7(2)3/h7H,4-6H2,1-3H3,(H,13,14). The maximum absolute atomic E-state index is 10.9. The first-order valence-corrected chi connectivity index (χ1v) is 6.08. The van der Waals surface area contributed by atoms with Gasteiger partial charge < -0.3 is 5.11 Å². The fourth-order valence-electron chi connectivity index (χ4n) is 1.40. The lowest BCUT2D eigenvalue weighted by Crippen LogP contribution is -2.01. The van der Waals surface area contributed by atoms with Crippen LogP contribution in [0.2, 0.25) is 0 Å². The Morgan fingerprint density at radius 2 is 2.20 bits per heavy atom. The number of hydrogen-bond donors (Lipinski definition) is 1. The predicted octanol–water partition coefficient (Wildman–Crippen LogP) is 2.99. The average Bonchev–Trinajstić information content (AvgIpc) is 2.47. The van der Waals surface area contributed by atoms with Crippen molar-refractivity contribution >= 4 is 17.3 Å². The number of hydrogen-bond acceptors (Lipinski definition) is 3. The van der Waals surface area contributed by atoms with Gasteiger partial charge in [0.15, 0.2) is 5.69 Å². The number of aromatic nitrogens is 1. The molecule has 15 heavy (non-hydrogen) atoms. The third-order valence-electron chi connectivity index (χ3n) is 2.00. The lowest BCUT2D eigenvalue weighted by Gasteiger charge is -1.97. The largest absolute Gasteiger partial charge is 0.476 e. The second-order valence-corrected chi connectivity index (χ2v) is 5.20. The van der Waals surface area contributed by atoms with Gasteiger partial charge in [-0.15, -0.1) is 11.3 Å². The number of thiazole rings is 1. The molecule has 0 bridgehead atoms. The van der Waals surface area contributed by atoms with Crippen molar-refractivity contribution in [3.63, 3.8) is 0 Å². The number of aryl methyl sites for hydroxylation is 1. The van der Waals surface area contributed by atoms with Gasteiger partial charge in [0.25, 0.3) is 0 Å². The zero-order valence-electron chi connectivity index (χ0n) is 9.41. The number of aromatic carboxylic acids is 1. The van der Waals surface area contributed by atoms with E-state index >= 15 is 0 Å². The fourth-order valence-corrected chi connectivity index (χ4v) is 2.77. The van der Waals surface area contributed by atoms with Crippen LogP contribution < -0.4 is 0 Å². The molecule has 84 valence electrons. The van der Waals surface area contributed by atoms with Gasteiger partial charge in [-0.2, -0.15) is 0 Å². The van der Waals surface area contributed by atoms with Crippen LogP contribution in [0.3, 0.4) is 0 Å². The topological polar surface area (TPSA) is 50.2 Å². The van der Waals surface area contributed by atoms with Gasteiger partial charge in [0.1, 0.15) is 0 Å². The molecule has 1 aromatic heterocycles. The number of carbonyl (C=O) groups is 1. The summed E-state index contributed by atoms with van der Waals surface area (Å²) in [7, 11) is 0. The Labute approximate surface area is 94.2 Å². The summed E-state index contributed by atoms with van der Waals surface area (Å²) < 4.78 is 0. The lowest BCUT2D eigenvalue weighted by molar-refractivity contribution is 0.0690. The highest BCUT2D eigenvalue weighted by Gasteiger charge is 2.16. The van der Waals surface area contributed by atoms with Crippen molar-refractivity contribution in [3.05, 3.63) is 15.6 Å². The lowest BCUT2D eigenvalue weighted by atomic mass is 10.1. The first-order valence-electron chi connectivity index (χ1n) is 5.26. The SMILES string of the molecule is CCCc1sc(CC(C)C)nc1C(=O)O. The van der Waals surface area contributed by atoms with Crippen molar-refractivity contribution < 1.29 is 9.90 Å². The molecule has 0 radical (unpaired) electrons. The van der Waals surface area contributed by atoms with Gasteiger partial charge in [-0.05, 0) is 12.3 Å². The molecular weight excluding hydrogens is 210 g/mol. The predicted molar refractivity (Wildman–Crippen MR) is 61.6 cm³/mol. The van der Waals surface area contributed by atoms with Gasteiger partial charge in [0.05, 0.1) is 5.01 Å². The summed E-state index contributed by atoms with van der Waals surface area (Å²) >= 11 is 1.55. The zero-order chi connectivity index (χ0) is 11.4. The second kappa shape index (κ2) is 5.26. The molecule has 1 aromatic rings. The van der Waals surface area contributed by atoms with E-state index in [0.29, 0.717) is 5.92 Å². The van der Waals surface area contributed by atoms with E-state index in [-0.39, 0.29) is 5.69 Å². The molecule has 0 atom stereocenters. The van der Waals surface area contributed by atoms with E-state index in [1.54, 1.807) is 11.3 Å². The summed E-state index contributed by atoms with van der Waals surface area (Å²) in [5.41, 5.74) is 0.262. The Kier molecular flexibility index (Phi) is 4.27. The summed E-state index contributed by atoms with van der Waals surface area (Å²) in [6.45, 7) is 6.27. The van der Waals surface area contributed by atoms with Crippen LogP contribution in [0, 0.1) is 5.92 Å². The van der Waals surface area contributed by atoms with Gasteiger partial charge >= 0.3 is 5.97 Å². The van der Waals surface area contributed by atoms with Gasteiger partial charge in [-0.25, -0.2) is 9.78 Å². The Morgan fingerprint density at radius 1 is 1.53 bits per heavy atom. The highest BCUT2D eigenvalue weighted by Crippen LogP contribution is 2.22. The molecule has 0 fully saturated rings. The number of carboxylic acid groups (broad SMARTS) is 1. The van der Waals surface area contributed by atoms with E-state index in [1.165, 1.54) is 0 Å². The van der Waals surface area contributed by atoms with Crippen molar-refractivity contribution in [2.45, 2.75) is 40.0 Å². The molecule has 0 aliphatic rings. The van der Waals surface area contributed by atoms with Gasteiger partial charge in [-0.1, -0.05) is 27.2 Å². The van der Waals surface area contributed by atoms with E-state index in [9.17, 15) is 4.79 Å². The van der Waals surface area contributed by atoms with Crippen molar-refractivity contribution in [2.24, 2.45) is 5.92 Å².